The first-order valence-corrected chi connectivity index (χ1v) is 14.8. The molecular weight excluding hydrogens is 514 g/mol. The molecule has 0 aromatic heterocycles. The number of carboxylic acids is 1. The maximum absolute atomic E-state index is 14.0. The van der Waals surface area contributed by atoms with Crippen LogP contribution in [0, 0.1) is 11.3 Å². The van der Waals surface area contributed by atoms with Crippen molar-refractivity contribution >= 4 is 23.5 Å². The zero-order valence-corrected chi connectivity index (χ0v) is 25.4. The van der Waals surface area contributed by atoms with Crippen LogP contribution in [0.1, 0.15) is 101 Å². The quantitative estimate of drug-likeness (QED) is 0.415. The van der Waals surface area contributed by atoms with E-state index in [1.54, 1.807) is 12.1 Å². The highest BCUT2D eigenvalue weighted by atomic mass is 16.4. The summed E-state index contributed by atoms with van der Waals surface area (Å²) in [7, 11) is 0. The smallest absolute Gasteiger partial charge is 0.305 e. The number of rotatable bonds is 8. The SMILES string of the molecule is CC(C)(C)c1ccc(C2=NC3(CCC(C(C)(C)C)CC3)N(CCc3ccc(C(=O)NCCC(=O)O)cc3)C2=O)cc1. The second-order valence-corrected chi connectivity index (χ2v) is 13.7. The third-order valence-corrected chi connectivity index (χ3v) is 8.77. The van der Waals surface area contributed by atoms with Crippen molar-refractivity contribution in [3.63, 3.8) is 0 Å². The fourth-order valence-electron chi connectivity index (χ4n) is 6.04. The number of hydrogen-bond donors (Lipinski definition) is 2. The van der Waals surface area contributed by atoms with Crippen LogP contribution in [0.2, 0.25) is 0 Å². The van der Waals surface area contributed by atoms with Crippen LogP contribution < -0.4 is 5.32 Å². The lowest BCUT2D eigenvalue weighted by atomic mass is 9.69. The summed E-state index contributed by atoms with van der Waals surface area (Å²) < 4.78 is 0. The van der Waals surface area contributed by atoms with Crippen LogP contribution in [0.3, 0.4) is 0 Å². The Kier molecular flexibility index (Phi) is 8.76. The maximum atomic E-state index is 14.0. The first-order valence-electron chi connectivity index (χ1n) is 14.8. The molecule has 1 aliphatic carbocycles. The lowest BCUT2D eigenvalue weighted by molar-refractivity contribution is -0.136. The first-order chi connectivity index (χ1) is 19.2. The van der Waals surface area contributed by atoms with Crippen molar-refractivity contribution in [2.75, 3.05) is 13.1 Å². The maximum Gasteiger partial charge on any atom is 0.305 e. The summed E-state index contributed by atoms with van der Waals surface area (Å²) in [4.78, 5) is 44.2. The van der Waals surface area contributed by atoms with Gasteiger partial charge in [-0.15, -0.1) is 0 Å². The number of aliphatic imine (C=N–C) groups is 1. The molecule has 4 rings (SSSR count). The zero-order valence-electron chi connectivity index (χ0n) is 25.4. The molecule has 220 valence electrons. The van der Waals surface area contributed by atoms with Crippen molar-refractivity contribution in [3.05, 3.63) is 70.8 Å². The van der Waals surface area contributed by atoms with Gasteiger partial charge < -0.3 is 15.3 Å². The summed E-state index contributed by atoms with van der Waals surface area (Å²) >= 11 is 0. The van der Waals surface area contributed by atoms with E-state index in [2.05, 4.69) is 59.0 Å². The molecule has 0 unspecified atom stereocenters. The molecule has 0 atom stereocenters. The van der Waals surface area contributed by atoms with E-state index in [9.17, 15) is 14.4 Å². The number of nitrogens with one attached hydrogen (secondary N) is 1. The zero-order chi connectivity index (χ0) is 30.0. The predicted octanol–water partition coefficient (Wildman–Crippen LogP) is 6.00. The normalized spacial score (nSPS) is 21.2. The van der Waals surface area contributed by atoms with Gasteiger partial charge in [0.2, 0.25) is 0 Å². The van der Waals surface area contributed by atoms with Crippen molar-refractivity contribution in [1.29, 1.82) is 0 Å². The lowest BCUT2D eigenvalue weighted by Crippen LogP contribution is -2.50. The number of carboxylic acid groups (broad SMARTS) is 1. The number of hydrogen-bond acceptors (Lipinski definition) is 4. The van der Waals surface area contributed by atoms with E-state index in [0.29, 0.717) is 30.2 Å². The van der Waals surface area contributed by atoms with E-state index in [0.717, 1.165) is 36.8 Å². The van der Waals surface area contributed by atoms with Gasteiger partial charge in [0.05, 0.1) is 6.42 Å². The summed E-state index contributed by atoms with van der Waals surface area (Å²) in [5, 5.41) is 11.4. The van der Waals surface area contributed by atoms with E-state index in [4.69, 9.17) is 10.1 Å². The molecule has 0 saturated heterocycles. The highest BCUT2D eigenvalue weighted by molar-refractivity contribution is 6.46. The molecule has 0 radical (unpaired) electrons. The summed E-state index contributed by atoms with van der Waals surface area (Å²) in [6.07, 6.45) is 4.34. The Balaban J connectivity index is 1.51. The molecule has 1 heterocycles. The fourth-order valence-corrected chi connectivity index (χ4v) is 6.04. The van der Waals surface area contributed by atoms with Crippen molar-refractivity contribution < 1.29 is 19.5 Å². The molecule has 2 amide bonds. The van der Waals surface area contributed by atoms with Gasteiger partial charge in [0.25, 0.3) is 11.8 Å². The Labute approximate surface area is 244 Å². The number of benzene rings is 2. The van der Waals surface area contributed by atoms with Crippen LogP contribution in [0.4, 0.5) is 0 Å². The summed E-state index contributed by atoms with van der Waals surface area (Å²) in [6.45, 7) is 14.1. The van der Waals surface area contributed by atoms with Crippen LogP contribution in [0.25, 0.3) is 0 Å². The average molecular weight is 560 g/mol. The molecule has 2 aliphatic rings. The van der Waals surface area contributed by atoms with Crippen LogP contribution >= 0.6 is 0 Å². The molecule has 0 bridgehead atoms. The van der Waals surface area contributed by atoms with Gasteiger partial charge in [-0.25, -0.2) is 0 Å². The van der Waals surface area contributed by atoms with Gasteiger partial charge in [0, 0.05) is 24.2 Å². The van der Waals surface area contributed by atoms with E-state index in [1.807, 2.05) is 29.2 Å². The molecular formula is C34H45N3O4. The molecule has 1 saturated carbocycles. The van der Waals surface area contributed by atoms with E-state index in [-0.39, 0.29) is 35.6 Å². The summed E-state index contributed by atoms with van der Waals surface area (Å²) in [6, 6.07) is 15.6. The van der Waals surface area contributed by atoms with Crippen molar-refractivity contribution in [2.45, 2.75) is 91.1 Å². The molecule has 2 aromatic carbocycles. The minimum Gasteiger partial charge on any atom is -0.481 e. The molecule has 1 aliphatic heterocycles. The largest absolute Gasteiger partial charge is 0.481 e. The third-order valence-electron chi connectivity index (χ3n) is 8.77. The Hall–Kier alpha value is -3.48. The van der Waals surface area contributed by atoms with Crippen LogP contribution in [0.5, 0.6) is 0 Å². The third kappa shape index (κ3) is 7.06. The standard InChI is InChI=1S/C34H45N3O4/c1-32(2,3)26-13-11-24(12-14-26)29-31(41)37(34(36-29)19-15-27(16-20-34)33(4,5)6)22-18-23-7-9-25(10-8-23)30(40)35-21-17-28(38)39/h7-14,27H,15-22H2,1-6H3,(H,35,40)(H,38,39). The number of carbonyl (C=O) groups excluding carboxylic acids is 2. The van der Waals surface area contributed by atoms with Crippen molar-refractivity contribution in [2.24, 2.45) is 16.3 Å². The molecule has 1 spiro atoms. The van der Waals surface area contributed by atoms with E-state index in [1.165, 1.54) is 5.56 Å². The first kappa shape index (κ1) is 30.5. The average Bonchev–Trinajstić information content (AvgIpc) is 3.17. The van der Waals surface area contributed by atoms with E-state index < -0.39 is 11.6 Å². The summed E-state index contributed by atoms with van der Waals surface area (Å²) in [5.74, 6) is -0.643. The second-order valence-electron chi connectivity index (χ2n) is 13.7. The molecule has 2 N–H and O–H groups in total. The Morgan fingerprint density at radius 1 is 0.976 bits per heavy atom. The monoisotopic (exact) mass is 559 g/mol. The number of carbonyl (C=O) groups is 3. The van der Waals surface area contributed by atoms with E-state index >= 15 is 0 Å². The molecule has 2 aromatic rings. The van der Waals surface area contributed by atoms with Crippen molar-refractivity contribution in [3.8, 4) is 0 Å². The van der Waals surface area contributed by atoms with Gasteiger partial charge in [-0.05, 0) is 72.1 Å². The molecule has 7 heteroatoms. The predicted molar refractivity (Wildman–Crippen MR) is 162 cm³/mol. The number of aliphatic carboxylic acids is 1. The second kappa shape index (κ2) is 11.8. The van der Waals surface area contributed by atoms with Gasteiger partial charge in [-0.2, -0.15) is 0 Å². The van der Waals surface area contributed by atoms with Gasteiger partial charge in [-0.1, -0.05) is 77.9 Å². The lowest BCUT2D eigenvalue weighted by Gasteiger charge is -2.45. The topological polar surface area (TPSA) is 99.1 Å². The van der Waals surface area contributed by atoms with Crippen LogP contribution in [-0.4, -0.2) is 52.3 Å². The fraction of sp³-hybridized carbons (Fsp3) is 0.529. The molecule has 7 nitrogen and oxygen atoms in total. The number of nitrogens with zero attached hydrogens (tertiary/aromatic N) is 2. The Bertz CT molecular complexity index is 1290. The minimum atomic E-state index is -0.948. The highest BCUT2D eigenvalue weighted by Crippen LogP contribution is 2.46. The highest BCUT2D eigenvalue weighted by Gasteiger charge is 2.49. The van der Waals surface area contributed by atoms with Gasteiger partial charge >= 0.3 is 5.97 Å². The van der Waals surface area contributed by atoms with Gasteiger partial charge in [0.15, 0.2) is 0 Å². The molecule has 41 heavy (non-hydrogen) atoms. The van der Waals surface area contributed by atoms with Gasteiger partial charge in [0.1, 0.15) is 11.4 Å². The number of amides is 2. The van der Waals surface area contributed by atoms with Crippen molar-refractivity contribution in [1.82, 2.24) is 10.2 Å². The summed E-state index contributed by atoms with van der Waals surface area (Å²) in [5.41, 5.74) is 3.93. The van der Waals surface area contributed by atoms with Crippen LogP contribution in [0.15, 0.2) is 53.5 Å². The Morgan fingerprint density at radius 2 is 1.59 bits per heavy atom. The molecule has 1 fully saturated rings. The van der Waals surface area contributed by atoms with Gasteiger partial charge in [-0.3, -0.25) is 19.4 Å². The Morgan fingerprint density at radius 3 is 2.12 bits per heavy atom. The minimum absolute atomic E-state index is 0.00264. The van der Waals surface area contributed by atoms with Crippen LogP contribution in [-0.2, 0) is 21.4 Å².